The molecule has 0 aliphatic carbocycles. The average Bonchev–Trinajstić information content (AvgIpc) is 3.32. The van der Waals surface area contributed by atoms with Crippen LogP contribution in [0.15, 0.2) is 22.9 Å². The maximum absolute atomic E-state index is 13.0. The number of thiazole rings is 1. The predicted octanol–water partition coefficient (Wildman–Crippen LogP) is -1.71. The predicted molar refractivity (Wildman–Crippen MR) is 117 cm³/mol. The average molecular weight is 517 g/mol. The largest absolute Gasteiger partial charge is 0.478 e. The van der Waals surface area contributed by atoms with Gasteiger partial charge >= 0.3 is 16.3 Å². The lowest BCUT2D eigenvalue weighted by Gasteiger charge is -2.44. The fourth-order valence-corrected chi connectivity index (χ4v) is 4.24. The summed E-state index contributed by atoms with van der Waals surface area (Å²) in [6.45, 7) is 2.14. The van der Waals surface area contributed by atoms with Gasteiger partial charge in [-0.1, -0.05) is 5.16 Å². The van der Waals surface area contributed by atoms with Crippen LogP contribution in [0.1, 0.15) is 19.5 Å². The molecule has 1 saturated heterocycles. The first kappa shape index (κ1) is 24.9. The second-order valence-electron chi connectivity index (χ2n) is 7.54. The number of nitrogens with one attached hydrogen (secondary N) is 1. The van der Waals surface area contributed by atoms with Crippen molar-refractivity contribution in [2.45, 2.75) is 38.1 Å². The number of carboxylic acid groups (broad SMARTS) is 1. The lowest BCUT2D eigenvalue weighted by Crippen LogP contribution is -2.73. The van der Waals surface area contributed by atoms with E-state index < -0.39 is 51.5 Å². The van der Waals surface area contributed by atoms with Gasteiger partial charge in [0.2, 0.25) is 5.60 Å². The van der Waals surface area contributed by atoms with Crippen molar-refractivity contribution in [3.05, 3.63) is 23.5 Å². The van der Waals surface area contributed by atoms with Crippen LogP contribution in [0.25, 0.3) is 0 Å². The number of carbonyl (C=O) groups is 3. The Kier molecular flexibility index (Phi) is 6.49. The van der Waals surface area contributed by atoms with Crippen LogP contribution in [0.5, 0.6) is 0 Å². The molecule has 18 heteroatoms. The summed E-state index contributed by atoms with van der Waals surface area (Å²) < 4.78 is 34.2. The maximum Gasteiger partial charge on any atom is 0.362 e. The van der Waals surface area contributed by atoms with Crippen LogP contribution in [0.2, 0.25) is 0 Å². The molecule has 34 heavy (non-hydrogen) atoms. The number of aliphatic carboxylic acids is 1. The third-order valence-electron chi connectivity index (χ3n) is 4.59. The number of carbonyl (C=O) groups excluding carboxylic acids is 2. The Morgan fingerprint density at radius 1 is 1.38 bits per heavy atom. The van der Waals surface area contributed by atoms with Gasteiger partial charge in [-0.2, -0.15) is 13.5 Å². The molecule has 7 N–H and O–H groups in total. The summed E-state index contributed by atoms with van der Waals surface area (Å²) in [7, 11) is -4.94. The highest BCUT2D eigenvalue weighted by Crippen LogP contribution is 2.26. The molecule has 2 unspecified atom stereocenters. The van der Waals surface area contributed by atoms with E-state index in [1.165, 1.54) is 36.3 Å². The highest BCUT2D eigenvalue weighted by Gasteiger charge is 2.54. The number of carboxylic acids is 1. The molecule has 184 valence electrons. The second kappa shape index (κ2) is 8.88. The molecule has 3 rings (SSSR count). The zero-order chi connectivity index (χ0) is 25.4. The molecule has 3 heterocycles. The number of nitrogens with two attached hydrogens (primary N) is 2. The summed E-state index contributed by atoms with van der Waals surface area (Å²) in [5.74, 6) is -3.53. The fraction of sp³-hybridized carbons (Fsp3) is 0.375. The van der Waals surface area contributed by atoms with Crippen molar-refractivity contribution in [2.75, 3.05) is 11.5 Å². The molecule has 0 radical (unpaired) electrons. The molecule has 2 amide bonds. The van der Waals surface area contributed by atoms with E-state index in [-0.39, 0.29) is 27.4 Å². The van der Waals surface area contributed by atoms with Gasteiger partial charge in [-0.25, -0.2) is 14.1 Å². The molecular formula is C16H20N8O8S2. The number of amides is 2. The molecule has 0 spiro atoms. The Hall–Kier alpha value is -3.77. The number of nitrogen functional groups attached to an aromatic ring is 2. The summed E-state index contributed by atoms with van der Waals surface area (Å²) in [6.07, 6.45) is 2.64. The minimum atomic E-state index is -4.94. The van der Waals surface area contributed by atoms with E-state index in [1.54, 1.807) is 0 Å². The molecule has 1 aliphatic rings. The minimum Gasteiger partial charge on any atom is -0.478 e. The summed E-state index contributed by atoms with van der Waals surface area (Å²) >= 11 is 0.960. The van der Waals surface area contributed by atoms with Crippen molar-refractivity contribution < 1.29 is 37.3 Å². The van der Waals surface area contributed by atoms with E-state index in [0.717, 1.165) is 11.3 Å². The Morgan fingerprint density at radius 3 is 2.56 bits per heavy atom. The number of β-lactam (4-membered cyclic amide) rings is 1. The number of oxime groups is 1. The van der Waals surface area contributed by atoms with Crippen molar-refractivity contribution in [3.8, 4) is 0 Å². The Labute approximate surface area is 196 Å². The van der Waals surface area contributed by atoms with Crippen LogP contribution < -0.4 is 16.8 Å². The van der Waals surface area contributed by atoms with E-state index in [9.17, 15) is 32.5 Å². The van der Waals surface area contributed by atoms with Gasteiger partial charge in [0.1, 0.15) is 11.7 Å². The first-order chi connectivity index (χ1) is 15.7. The highest BCUT2D eigenvalue weighted by molar-refractivity contribution is 7.84. The van der Waals surface area contributed by atoms with Crippen LogP contribution in [0.4, 0.5) is 10.8 Å². The molecule has 1 fully saturated rings. The van der Waals surface area contributed by atoms with Crippen molar-refractivity contribution in [3.63, 3.8) is 0 Å². The molecule has 2 aromatic rings. The third kappa shape index (κ3) is 5.07. The van der Waals surface area contributed by atoms with Gasteiger partial charge in [0.15, 0.2) is 10.8 Å². The number of nitrogens with zero attached hydrogens (tertiary/aromatic N) is 5. The zero-order valence-corrected chi connectivity index (χ0v) is 19.3. The van der Waals surface area contributed by atoms with Crippen molar-refractivity contribution in [2.24, 2.45) is 5.16 Å². The van der Waals surface area contributed by atoms with Crippen molar-refractivity contribution in [1.82, 2.24) is 24.4 Å². The molecule has 16 nitrogen and oxygen atoms in total. The van der Waals surface area contributed by atoms with E-state index in [4.69, 9.17) is 16.3 Å². The lowest BCUT2D eigenvalue weighted by molar-refractivity contribution is -0.161. The molecule has 2 aromatic heterocycles. The Morgan fingerprint density at radius 2 is 2.06 bits per heavy atom. The molecular weight excluding hydrogens is 496 g/mol. The first-order valence-electron chi connectivity index (χ1n) is 9.31. The van der Waals surface area contributed by atoms with Gasteiger partial charge < -0.3 is 26.7 Å². The number of hydrogen-bond donors (Lipinski definition) is 5. The van der Waals surface area contributed by atoms with Gasteiger partial charge in [0.05, 0.1) is 24.5 Å². The van der Waals surface area contributed by atoms with Crippen LogP contribution in [-0.2, 0) is 36.1 Å². The number of rotatable bonds is 9. The van der Waals surface area contributed by atoms with Gasteiger partial charge in [-0.3, -0.25) is 18.8 Å². The van der Waals surface area contributed by atoms with E-state index in [2.05, 4.69) is 20.6 Å². The van der Waals surface area contributed by atoms with Crippen LogP contribution in [-0.4, -0.2) is 78.3 Å². The van der Waals surface area contributed by atoms with Crippen LogP contribution in [0, 0.1) is 0 Å². The topological polar surface area (TPSA) is 245 Å². The molecule has 0 saturated carbocycles. The highest BCUT2D eigenvalue weighted by atomic mass is 32.2. The second-order valence-corrected chi connectivity index (χ2v) is 9.72. The molecule has 1 aliphatic heterocycles. The first-order valence-corrected chi connectivity index (χ1v) is 11.6. The number of anilines is 2. The quantitative estimate of drug-likeness (QED) is 0.108. The summed E-state index contributed by atoms with van der Waals surface area (Å²) in [4.78, 5) is 45.6. The monoisotopic (exact) mass is 516 g/mol. The van der Waals surface area contributed by atoms with Gasteiger partial charge in [-0.05, 0) is 13.8 Å². The number of hydrogen-bond acceptors (Lipinski definition) is 12. The zero-order valence-electron chi connectivity index (χ0n) is 17.6. The minimum absolute atomic E-state index is 0.0689. The van der Waals surface area contributed by atoms with E-state index >= 15 is 0 Å². The summed E-state index contributed by atoms with van der Waals surface area (Å²) in [5, 5.41) is 20.4. The summed E-state index contributed by atoms with van der Waals surface area (Å²) in [6, 6.07) is -2.68. The van der Waals surface area contributed by atoms with E-state index in [1.807, 2.05) is 0 Å². The molecule has 0 aromatic carbocycles. The van der Waals surface area contributed by atoms with Gasteiger partial charge in [0, 0.05) is 11.6 Å². The smallest absolute Gasteiger partial charge is 0.362 e. The van der Waals surface area contributed by atoms with Crippen molar-refractivity contribution in [1.29, 1.82) is 0 Å². The van der Waals surface area contributed by atoms with Crippen LogP contribution in [0.3, 0.4) is 0 Å². The van der Waals surface area contributed by atoms with Gasteiger partial charge in [0.25, 0.3) is 11.8 Å². The normalized spacial score (nSPS) is 19.0. The van der Waals surface area contributed by atoms with Gasteiger partial charge in [-0.15, -0.1) is 11.3 Å². The SMILES string of the molecule is CC(C)(O/N=C(\C(=O)NC1C(=O)N(S(=O)(=O)O)C1Cn1cc(N)cn1)c1csc(N)n1)C(=O)O. The Bertz CT molecular complexity index is 1270. The van der Waals surface area contributed by atoms with Crippen LogP contribution >= 0.6 is 11.3 Å². The fourth-order valence-electron chi connectivity index (χ4n) is 2.82. The van der Waals surface area contributed by atoms with Crippen molar-refractivity contribution >= 4 is 56.0 Å². The standard InChI is InChI=1S/C16H20N8O8S2/c1-16(2,14(27)28)32-22-10(8-6-33-15(18)20-8)12(25)21-11-9(5-23-4-7(17)3-19-23)24(13(11)26)34(29,30)31/h3-4,6,9,11H,5,17H2,1-2H3,(H2,18,20)(H,21,25)(H,27,28)(H,29,30,31)/b22-10-. The molecule has 0 bridgehead atoms. The molecule has 2 atom stereocenters. The Balaban J connectivity index is 1.89. The third-order valence-corrected chi connectivity index (χ3v) is 6.21. The maximum atomic E-state index is 13.0. The number of aromatic nitrogens is 3. The van der Waals surface area contributed by atoms with E-state index in [0.29, 0.717) is 0 Å². The lowest BCUT2D eigenvalue weighted by atomic mass is 9.98. The summed E-state index contributed by atoms with van der Waals surface area (Å²) in [5.41, 5.74) is 9.04.